The predicted molar refractivity (Wildman–Crippen MR) is 92.8 cm³/mol. The summed E-state index contributed by atoms with van der Waals surface area (Å²) >= 11 is 0. The molecule has 1 aliphatic rings. The second-order valence-electron chi connectivity index (χ2n) is 6.12. The number of benzene rings is 2. The summed E-state index contributed by atoms with van der Waals surface area (Å²) in [7, 11) is -3.34. The Morgan fingerprint density at radius 2 is 1.80 bits per heavy atom. The van der Waals surface area contributed by atoms with Crippen LogP contribution in [-0.4, -0.2) is 38.0 Å². The third-order valence-corrected chi connectivity index (χ3v) is 5.76. The maximum atomic E-state index is 13.7. The molecule has 0 aliphatic carbocycles. The van der Waals surface area contributed by atoms with Crippen molar-refractivity contribution in [2.75, 3.05) is 16.8 Å². The van der Waals surface area contributed by atoms with Crippen molar-refractivity contribution in [3.05, 3.63) is 65.5 Å². The maximum Gasteiger partial charge on any atom is 0.341 e. The number of nitrogens with one attached hydrogen (secondary N) is 1. The number of ether oxygens (including phenoxy) is 1. The van der Waals surface area contributed by atoms with E-state index in [1.807, 2.05) is 31.2 Å². The number of halogens is 1. The number of esters is 1. The first kappa shape index (κ1) is 17.4. The molecule has 2 aromatic rings. The van der Waals surface area contributed by atoms with Crippen molar-refractivity contribution in [2.24, 2.45) is 0 Å². The fraction of sp³-hybridized carbons (Fsp3) is 0.278. The van der Waals surface area contributed by atoms with Gasteiger partial charge in [0.15, 0.2) is 9.84 Å². The van der Waals surface area contributed by atoms with Crippen molar-refractivity contribution in [1.29, 1.82) is 0 Å². The molecule has 1 saturated heterocycles. The van der Waals surface area contributed by atoms with Gasteiger partial charge in [0.1, 0.15) is 11.9 Å². The van der Waals surface area contributed by atoms with Crippen LogP contribution in [-0.2, 0) is 14.6 Å². The lowest BCUT2D eigenvalue weighted by molar-refractivity contribution is 0.0331. The summed E-state index contributed by atoms with van der Waals surface area (Å²) < 4.78 is 43.0. The van der Waals surface area contributed by atoms with Crippen LogP contribution in [0.25, 0.3) is 0 Å². The molecule has 3 rings (SSSR count). The Morgan fingerprint density at radius 1 is 1.12 bits per heavy atom. The second-order valence-corrected chi connectivity index (χ2v) is 8.27. The number of carbonyl (C=O) groups excluding carboxylic acids is 1. The van der Waals surface area contributed by atoms with Crippen molar-refractivity contribution in [2.45, 2.75) is 19.1 Å². The lowest BCUT2D eigenvalue weighted by Gasteiger charge is -2.21. The van der Waals surface area contributed by atoms with Gasteiger partial charge in [0.05, 0.1) is 23.1 Å². The Morgan fingerprint density at radius 3 is 2.48 bits per heavy atom. The van der Waals surface area contributed by atoms with Gasteiger partial charge in [-0.1, -0.05) is 29.8 Å². The van der Waals surface area contributed by atoms with Crippen LogP contribution in [0.4, 0.5) is 10.1 Å². The largest absolute Gasteiger partial charge is 0.455 e. The van der Waals surface area contributed by atoms with E-state index in [4.69, 9.17) is 4.74 Å². The minimum Gasteiger partial charge on any atom is -0.455 e. The molecule has 132 valence electrons. The summed E-state index contributed by atoms with van der Waals surface area (Å²) in [6, 6.07) is 12.3. The average molecular weight is 363 g/mol. The molecule has 2 unspecified atom stereocenters. The highest BCUT2D eigenvalue weighted by Crippen LogP contribution is 2.22. The van der Waals surface area contributed by atoms with Crippen LogP contribution in [0.2, 0.25) is 0 Å². The summed E-state index contributed by atoms with van der Waals surface area (Å²) in [6.07, 6.45) is -0.876. The molecule has 7 heteroatoms. The molecule has 2 atom stereocenters. The van der Waals surface area contributed by atoms with Gasteiger partial charge < -0.3 is 10.1 Å². The highest BCUT2D eigenvalue weighted by atomic mass is 32.2. The lowest BCUT2D eigenvalue weighted by atomic mass is 10.1. The first-order valence-electron chi connectivity index (χ1n) is 7.83. The van der Waals surface area contributed by atoms with E-state index < -0.39 is 33.8 Å². The highest BCUT2D eigenvalue weighted by Gasteiger charge is 2.40. The van der Waals surface area contributed by atoms with Gasteiger partial charge in [-0.3, -0.25) is 0 Å². The van der Waals surface area contributed by atoms with E-state index in [0.29, 0.717) is 0 Å². The first-order chi connectivity index (χ1) is 11.8. The van der Waals surface area contributed by atoms with Gasteiger partial charge in [-0.2, -0.15) is 0 Å². The maximum absolute atomic E-state index is 13.7. The van der Waals surface area contributed by atoms with Crippen molar-refractivity contribution in [1.82, 2.24) is 0 Å². The van der Waals surface area contributed by atoms with Crippen LogP contribution in [0.1, 0.15) is 15.9 Å². The Labute approximate surface area is 145 Å². The molecule has 25 heavy (non-hydrogen) atoms. The summed E-state index contributed by atoms with van der Waals surface area (Å²) in [5.41, 5.74) is 1.60. The van der Waals surface area contributed by atoms with Crippen LogP contribution >= 0.6 is 0 Å². The summed E-state index contributed by atoms with van der Waals surface area (Å²) in [5, 5.41) is 3.10. The Bertz CT molecular complexity index is 880. The van der Waals surface area contributed by atoms with E-state index in [0.717, 1.165) is 17.3 Å². The third kappa shape index (κ3) is 4.17. The van der Waals surface area contributed by atoms with Crippen molar-refractivity contribution < 1.29 is 22.3 Å². The molecule has 0 amide bonds. The van der Waals surface area contributed by atoms with Crippen LogP contribution in [0, 0.1) is 12.7 Å². The van der Waals surface area contributed by atoms with Gasteiger partial charge in [-0.25, -0.2) is 17.6 Å². The third-order valence-electron chi connectivity index (χ3n) is 4.06. The molecule has 0 aromatic heterocycles. The van der Waals surface area contributed by atoms with Crippen molar-refractivity contribution in [3.8, 4) is 0 Å². The van der Waals surface area contributed by atoms with E-state index in [2.05, 4.69) is 5.32 Å². The predicted octanol–water partition coefficient (Wildman–Crippen LogP) is 2.57. The summed E-state index contributed by atoms with van der Waals surface area (Å²) in [6.45, 7) is 1.95. The standard InChI is InChI=1S/C18H18FNO4S/c1-12-6-8-13(9-7-12)20-16-10-25(22,23)11-17(16)24-18(21)14-4-2-3-5-15(14)19/h2-9,16-17,20H,10-11H2,1H3. The van der Waals surface area contributed by atoms with Crippen LogP contribution in [0.15, 0.2) is 48.5 Å². The van der Waals surface area contributed by atoms with E-state index >= 15 is 0 Å². The zero-order valence-electron chi connectivity index (χ0n) is 13.6. The van der Waals surface area contributed by atoms with Crippen LogP contribution < -0.4 is 5.32 Å². The monoisotopic (exact) mass is 363 g/mol. The number of rotatable bonds is 4. The number of hydrogen-bond donors (Lipinski definition) is 1. The van der Waals surface area contributed by atoms with Crippen LogP contribution in [0.5, 0.6) is 0 Å². The number of aryl methyl sites for hydroxylation is 1. The van der Waals surface area contributed by atoms with E-state index in [1.54, 1.807) is 0 Å². The Kier molecular flexibility index (Phi) is 4.76. The quantitative estimate of drug-likeness (QED) is 0.846. The molecule has 0 saturated carbocycles. The van der Waals surface area contributed by atoms with Gasteiger partial charge in [0, 0.05) is 5.69 Å². The van der Waals surface area contributed by atoms with E-state index in [-0.39, 0.29) is 17.1 Å². The Hall–Kier alpha value is -2.41. The fourth-order valence-electron chi connectivity index (χ4n) is 2.76. The molecule has 2 aromatic carbocycles. The topological polar surface area (TPSA) is 72.5 Å². The minimum atomic E-state index is -3.34. The molecular formula is C18H18FNO4S. The van der Waals surface area contributed by atoms with E-state index in [1.165, 1.54) is 18.2 Å². The zero-order chi connectivity index (χ0) is 18.0. The SMILES string of the molecule is Cc1ccc(NC2CS(=O)(=O)CC2OC(=O)c2ccccc2F)cc1. The molecule has 1 N–H and O–H groups in total. The van der Waals surface area contributed by atoms with Gasteiger partial charge >= 0.3 is 5.97 Å². The van der Waals surface area contributed by atoms with Crippen molar-refractivity contribution >= 4 is 21.5 Å². The Balaban J connectivity index is 1.77. The normalized spacial score (nSPS) is 21.7. The summed E-state index contributed by atoms with van der Waals surface area (Å²) in [4.78, 5) is 12.2. The number of anilines is 1. The van der Waals surface area contributed by atoms with Gasteiger partial charge in [-0.15, -0.1) is 0 Å². The first-order valence-corrected chi connectivity index (χ1v) is 9.65. The molecule has 1 fully saturated rings. The number of hydrogen-bond acceptors (Lipinski definition) is 5. The molecule has 0 radical (unpaired) electrons. The van der Waals surface area contributed by atoms with Crippen molar-refractivity contribution in [3.63, 3.8) is 0 Å². The van der Waals surface area contributed by atoms with E-state index in [9.17, 15) is 17.6 Å². The second kappa shape index (κ2) is 6.84. The zero-order valence-corrected chi connectivity index (χ0v) is 14.4. The molecule has 0 bridgehead atoms. The van der Waals surface area contributed by atoms with Gasteiger partial charge in [0.25, 0.3) is 0 Å². The average Bonchev–Trinajstić information content (AvgIpc) is 2.83. The highest BCUT2D eigenvalue weighted by molar-refractivity contribution is 7.91. The molecule has 1 aliphatic heterocycles. The van der Waals surface area contributed by atoms with Gasteiger partial charge in [-0.05, 0) is 31.2 Å². The fourth-order valence-corrected chi connectivity index (χ4v) is 4.54. The molecule has 0 spiro atoms. The number of sulfone groups is 1. The molecule has 1 heterocycles. The van der Waals surface area contributed by atoms with Gasteiger partial charge in [0.2, 0.25) is 0 Å². The molecular weight excluding hydrogens is 345 g/mol. The lowest BCUT2D eigenvalue weighted by Crippen LogP contribution is -2.36. The minimum absolute atomic E-state index is 0.143. The smallest absolute Gasteiger partial charge is 0.341 e. The van der Waals surface area contributed by atoms with Crippen LogP contribution in [0.3, 0.4) is 0 Å². The number of carbonyl (C=O) groups is 1. The summed E-state index contributed by atoms with van der Waals surface area (Å²) in [5.74, 6) is -1.99. The molecule has 5 nitrogen and oxygen atoms in total.